The summed E-state index contributed by atoms with van der Waals surface area (Å²) in [4.78, 5) is 34.0. The maximum atomic E-state index is 12.9. The zero-order valence-electron chi connectivity index (χ0n) is 17.8. The van der Waals surface area contributed by atoms with Gasteiger partial charge in [0.25, 0.3) is 11.5 Å². The van der Waals surface area contributed by atoms with Gasteiger partial charge in [-0.1, -0.05) is 31.2 Å². The van der Waals surface area contributed by atoms with Crippen LogP contribution in [0.4, 0.5) is 0 Å². The molecule has 1 N–H and O–H groups in total. The fourth-order valence-electron chi connectivity index (χ4n) is 3.02. The van der Waals surface area contributed by atoms with Crippen molar-refractivity contribution in [3.8, 4) is 11.5 Å². The summed E-state index contributed by atoms with van der Waals surface area (Å²) < 4.78 is 16.5. The van der Waals surface area contributed by atoms with E-state index in [2.05, 4.69) is 9.97 Å². The van der Waals surface area contributed by atoms with Gasteiger partial charge in [0.2, 0.25) is 0 Å². The fourth-order valence-corrected chi connectivity index (χ4v) is 3.02. The van der Waals surface area contributed by atoms with Gasteiger partial charge in [0.15, 0.2) is 18.1 Å². The average Bonchev–Trinajstić information content (AvgIpc) is 2.79. The number of ether oxygens (including phenoxy) is 3. The van der Waals surface area contributed by atoms with E-state index >= 15 is 0 Å². The molecule has 0 unspecified atom stereocenters. The quantitative estimate of drug-likeness (QED) is 0.508. The number of amides is 1. The number of rotatable bonds is 11. The molecular weight excluding hydrogens is 398 g/mol. The van der Waals surface area contributed by atoms with E-state index in [1.54, 1.807) is 36.3 Å². The van der Waals surface area contributed by atoms with Crippen LogP contribution in [-0.4, -0.2) is 54.3 Å². The Bertz CT molecular complexity index is 1070. The average molecular weight is 425 g/mol. The molecule has 0 aliphatic rings. The summed E-state index contributed by atoms with van der Waals surface area (Å²) in [6.45, 7) is 3.23. The summed E-state index contributed by atoms with van der Waals surface area (Å²) in [7, 11) is 1.57. The molecule has 0 atom stereocenters. The van der Waals surface area contributed by atoms with E-state index < -0.39 is 0 Å². The summed E-state index contributed by atoms with van der Waals surface area (Å²) in [5.41, 5.74) is 0.344. The molecular formula is C23H27N3O5. The van der Waals surface area contributed by atoms with Crippen molar-refractivity contribution < 1.29 is 19.0 Å². The number of carbonyl (C=O) groups excluding carboxylic acids is 1. The van der Waals surface area contributed by atoms with E-state index in [0.717, 1.165) is 6.42 Å². The van der Waals surface area contributed by atoms with Crippen LogP contribution in [0, 0.1) is 0 Å². The van der Waals surface area contributed by atoms with Crippen molar-refractivity contribution >= 4 is 16.8 Å². The van der Waals surface area contributed by atoms with Gasteiger partial charge in [0, 0.05) is 13.7 Å². The lowest BCUT2D eigenvalue weighted by Gasteiger charge is -2.22. The van der Waals surface area contributed by atoms with Crippen LogP contribution in [0.1, 0.15) is 19.2 Å². The summed E-state index contributed by atoms with van der Waals surface area (Å²) in [5, 5.41) is 0.507. The molecule has 0 spiro atoms. The largest absolute Gasteiger partial charge is 0.490 e. The molecule has 0 saturated heterocycles. The Hall–Kier alpha value is -3.39. The summed E-state index contributed by atoms with van der Waals surface area (Å²) >= 11 is 0. The predicted molar refractivity (Wildman–Crippen MR) is 117 cm³/mol. The number of H-pyrrole nitrogens is 1. The predicted octanol–water partition coefficient (Wildman–Crippen LogP) is 2.77. The molecule has 0 saturated carbocycles. The van der Waals surface area contributed by atoms with Gasteiger partial charge in [0.05, 0.1) is 30.7 Å². The van der Waals surface area contributed by atoms with Crippen molar-refractivity contribution in [2.75, 3.05) is 33.5 Å². The second-order valence-corrected chi connectivity index (χ2v) is 6.92. The van der Waals surface area contributed by atoms with E-state index in [4.69, 9.17) is 14.2 Å². The van der Waals surface area contributed by atoms with Gasteiger partial charge in [0.1, 0.15) is 5.82 Å². The maximum absolute atomic E-state index is 12.9. The number of benzene rings is 2. The fraction of sp³-hybridized carbons (Fsp3) is 0.348. The highest BCUT2D eigenvalue weighted by Crippen LogP contribution is 2.26. The number of hydrogen-bond donors (Lipinski definition) is 1. The first-order valence-electron chi connectivity index (χ1n) is 10.2. The molecule has 8 heteroatoms. The molecule has 0 aliphatic heterocycles. The third kappa shape index (κ3) is 6.05. The van der Waals surface area contributed by atoms with Crippen LogP contribution < -0.4 is 15.0 Å². The molecule has 1 aromatic heterocycles. The molecule has 0 radical (unpaired) electrons. The smallest absolute Gasteiger partial charge is 0.260 e. The number of aromatic amines is 1. The van der Waals surface area contributed by atoms with Crippen LogP contribution in [0.5, 0.6) is 11.5 Å². The minimum Gasteiger partial charge on any atom is -0.490 e. The molecule has 2 aromatic carbocycles. The first kappa shape index (κ1) is 22.3. The molecule has 1 heterocycles. The topological polar surface area (TPSA) is 93.8 Å². The summed E-state index contributed by atoms with van der Waals surface area (Å²) in [5.74, 6) is 1.26. The van der Waals surface area contributed by atoms with Crippen molar-refractivity contribution in [3.05, 3.63) is 64.7 Å². The first-order chi connectivity index (χ1) is 15.1. The lowest BCUT2D eigenvalue weighted by Crippen LogP contribution is -2.37. The molecule has 31 heavy (non-hydrogen) atoms. The normalized spacial score (nSPS) is 10.8. The summed E-state index contributed by atoms with van der Waals surface area (Å²) in [6.07, 6.45) is 0.870. The van der Waals surface area contributed by atoms with E-state index in [9.17, 15) is 9.59 Å². The van der Waals surface area contributed by atoms with E-state index in [1.807, 2.05) is 31.2 Å². The highest BCUT2D eigenvalue weighted by atomic mass is 16.5. The van der Waals surface area contributed by atoms with Crippen LogP contribution in [0.15, 0.2) is 53.3 Å². The van der Waals surface area contributed by atoms with Gasteiger partial charge in [-0.3, -0.25) is 9.59 Å². The number of aromatic nitrogens is 2. The highest BCUT2D eigenvalue weighted by molar-refractivity contribution is 5.78. The van der Waals surface area contributed by atoms with Gasteiger partial charge in [-0.15, -0.1) is 0 Å². The van der Waals surface area contributed by atoms with Gasteiger partial charge in [-0.2, -0.15) is 0 Å². The molecule has 0 bridgehead atoms. The van der Waals surface area contributed by atoms with Gasteiger partial charge >= 0.3 is 0 Å². The van der Waals surface area contributed by atoms with Crippen LogP contribution >= 0.6 is 0 Å². The lowest BCUT2D eigenvalue weighted by molar-refractivity contribution is -0.134. The van der Waals surface area contributed by atoms with Crippen LogP contribution in [0.3, 0.4) is 0 Å². The standard InChI is InChI=1S/C23H27N3O5/c1-3-13-30-19-10-6-7-11-20(19)31-16-22(27)26(12-14-29-2)15-21-24-18-9-5-4-8-17(18)23(28)25-21/h4-11H,3,12-16H2,1-2H3,(H,24,25,28). The minimum atomic E-state index is -0.252. The Morgan fingerprint density at radius 1 is 1.03 bits per heavy atom. The Balaban J connectivity index is 1.72. The van der Waals surface area contributed by atoms with E-state index in [1.165, 1.54) is 0 Å². The zero-order valence-corrected chi connectivity index (χ0v) is 17.8. The van der Waals surface area contributed by atoms with Crippen LogP contribution in [0.25, 0.3) is 10.9 Å². The minimum absolute atomic E-state index is 0.139. The Morgan fingerprint density at radius 2 is 1.74 bits per heavy atom. The van der Waals surface area contributed by atoms with Gasteiger partial charge in [-0.05, 0) is 30.7 Å². The molecule has 1 amide bonds. The van der Waals surface area contributed by atoms with Crippen molar-refractivity contribution in [1.29, 1.82) is 0 Å². The SMILES string of the molecule is CCCOc1ccccc1OCC(=O)N(CCOC)Cc1nc2ccccc2c(=O)[nH]1. The summed E-state index contributed by atoms with van der Waals surface area (Å²) in [6, 6.07) is 14.3. The lowest BCUT2D eigenvalue weighted by atomic mass is 10.2. The monoisotopic (exact) mass is 425 g/mol. The van der Waals surface area contributed by atoms with Crippen molar-refractivity contribution in [1.82, 2.24) is 14.9 Å². The van der Waals surface area contributed by atoms with Crippen molar-refractivity contribution in [2.24, 2.45) is 0 Å². The number of nitrogens with zero attached hydrogens (tertiary/aromatic N) is 2. The number of methoxy groups -OCH3 is 1. The molecule has 0 aliphatic carbocycles. The molecule has 164 valence electrons. The molecule has 3 rings (SSSR count). The third-order valence-electron chi connectivity index (χ3n) is 4.58. The van der Waals surface area contributed by atoms with Crippen LogP contribution in [0.2, 0.25) is 0 Å². The number of fused-ring (bicyclic) bond motifs is 1. The second kappa shape index (κ2) is 11.1. The Kier molecular flexibility index (Phi) is 8.00. The zero-order chi connectivity index (χ0) is 22.1. The van der Waals surface area contributed by atoms with Gasteiger partial charge < -0.3 is 24.1 Å². The Morgan fingerprint density at radius 3 is 2.48 bits per heavy atom. The van der Waals surface area contributed by atoms with Crippen molar-refractivity contribution in [2.45, 2.75) is 19.9 Å². The number of hydrogen-bond acceptors (Lipinski definition) is 6. The molecule has 0 fully saturated rings. The van der Waals surface area contributed by atoms with E-state index in [0.29, 0.717) is 48.0 Å². The maximum Gasteiger partial charge on any atom is 0.260 e. The molecule has 3 aromatic rings. The van der Waals surface area contributed by atoms with Gasteiger partial charge in [-0.25, -0.2) is 4.98 Å². The number of para-hydroxylation sites is 3. The third-order valence-corrected chi connectivity index (χ3v) is 4.58. The van der Waals surface area contributed by atoms with Crippen LogP contribution in [-0.2, 0) is 16.1 Å². The Labute approximate surface area is 180 Å². The van der Waals surface area contributed by atoms with Crippen molar-refractivity contribution in [3.63, 3.8) is 0 Å². The number of nitrogens with one attached hydrogen (secondary N) is 1. The molecule has 8 nitrogen and oxygen atoms in total. The second-order valence-electron chi connectivity index (χ2n) is 6.92. The highest BCUT2D eigenvalue weighted by Gasteiger charge is 2.17. The van der Waals surface area contributed by atoms with E-state index in [-0.39, 0.29) is 24.6 Å². The number of carbonyl (C=O) groups is 1. The first-order valence-corrected chi connectivity index (χ1v) is 10.2.